The fourth-order valence-electron chi connectivity index (χ4n) is 1.91. The summed E-state index contributed by atoms with van der Waals surface area (Å²) in [5.41, 5.74) is -3.34. The van der Waals surface area contributed by atoms with Crippen molar-refractivity contribution in [3.63, 3.8) is 0 Å². The number of nitrogens with zero attached hydrogens (tertiary/aromatic N) is 2. The monoisotopic (exact) mass is 278 g/mol. The molecule has 4 nitrogen and oxygen atoms in total. The van der Waals surface area contributed by atoms with Crippen LogP contribution in [0, 0.1) is 5.95 Å². The second kappa shape index (κ2) is 4.44. The van der Waals surface area contributed by atoms with Crippen molar-refractivity contribution < 1.29 is 27.5 Å². The van der Waals surface area contributed by atoms with Crippen LogP contribution in [0.5, 0.6) is 0 Å². The highest BCUT2D eigenvalue weighted by Crippen LogP contribution is 2.38. The van der Waals surface area contributed by atoms with Crippen molar-refractivity contribution in [1.82, 2.24) is 9.88 Å². The van der Waals surface area contributed by atoms with E-state index in [-0.39, 0.29) is 6.54 Å². The summed E-state index contributed by atoms with van der Waals surface area (Å²) in [5, 5.41) is 9.44. The van der Waals surface area contributed by atoms with E-state index >= 15 is 0 Å². The Morgan fingerprint density at radius 1 is 1.47 bits per heavy atom. The first-order chi connectivity index (χ1) is 8.74. The number of pyridine rings is 1. The van der Waals surface area contributed by atoms with Crippen molar-refractivity contribution in [2.75, 3.05) is 13.1 Å². The molecule has 1 saturated heterocycles. The van der Waals surface area contributed by atoms with Gasteiger partial charge in [-0.15, -0.1) is 0 Å². The molecule has 2 rings (SSSR count). The lowest BCUT2D eigenvalue weighted by molar-refractivity contribution is -0.253. The molecule has 0 spiro atoms. The summed E-state index contributed by atoms with van der Waals surface area (Å²) in [6.45, 7) is -1.19. The molecule has 8 heteroatoms. The third kappa shape index (κ3) is 2.40. The van der Waals surface area contributed by atoms with Crippen LogP contribution in [0.2, 0.25) is 0 Å². The highest BCUT2D eigenvalue weighted by atomic mass is 19.4. The Kier molecular flexibility index (Phi) is 3.21. The largest absolute Gasteiger partial charge is 0.419 e. The average Bonchev–Trinajstić information content (AvgIpc) is 2.72. The number of halogens is 4. The van der Waals surface area contributed by atoms with Crippen LogP contribution in [0.3, 0.4) is 0 Å². The maximum Gasteiger partial charge on any atom is 0.419 e. The second-order valence-corrected chi connectivity index (χ2v) is 4.35. The lowest BCUT2D eigenvalue weighted by Gasteiger charge is -2.25. The van der Waals surface area contributed by atoms with E-state index < -0.39 is 42.2 Å². The first-order valence-electron chi connectivity index (χ1n) is 5.43. The molecule has 0 saturated carbocycles. The van der Waals surface area contributed by atoms with Crippen LogP contribution in [-0.4, -0.2) is 45.8 Å². The number of amides is 1. The van der Waals surface area contributed by atoms with Crippen LogP contribution in [0.15, 0.2) is 18.3 Å². The van der Waals surface area contributed by atoms with E-state index in [4.69, 9.17) is 0 Å². The van der Waals surface area contributed by atoms with Crippen molar-refractivity contribution in [2.45, 2.75) is 18.2 Å². The van der Waals surface area contributed by atoms with Gasteiger partial charge in [-0.05, 0) is 12.1 Å². The Bertz CT molecular complexity index is 506. The molecule has 1 aliphatic heterocycles. The van der Waals surface area contributed by atoms with Gasteiger partial charge in [0.15, 0.2) is 5.60 Å². The van der Waals surface area contributed by atoms with E-state index in [1.807, 2.05) is 0 Å². The molecule has 1 aromatic heterocycles. The molecule has 1 fully saturated rings. The topological polar surface area (TPSA) is 53.4 Å². The molecular weight excluding hydrogens is 268 g/mol. The molecule has 0 aliphatic carbocycles. The Labute approximate surface area is 105 Å². The summed E-state index contributed by atoms with van der Waals surface area (Å²) < 4.78 is 51.0. The normalized spacial score (nSPS) is 23.7. The number of β-amino-alcohol motifs (C(OH)–C–C–N with tert-alkyl or cyclic N) is 1. The molecule has 0 radical (unpaired) electrons. The summed E-state index contributed by atoms with van der Waals surface area (Å²) in [5.74, 6) is -1.96. The van der Waals surface area contributed by atoms with Gasteiger partial charge in [0.05, 0.1) is 12.1 Å². The zero-order valence-electron chi connectivity index (χ0n) is 9.62. The molecule has 0 bridgehead atoms. The Hall–Kier alpha value is -1.70. The molecule has 1 aliphatic rings. The minimum atomic E-state index is -4.82. The Balaban J connectivity index is 2.18. The first kappa shape index (κ1) is 13.7. The fourth-order valence-corrected chi connectivity index (χ4v) is 1.91. The number of hydrogen-bond donors (Lipinski definition) is 1. The summed E-state index contributed by atoms with van der Waals surface area (Å²) in [4.78, 5) is 15.9. The highest BCUT2D eigenvalue weighted by molar-refractivity contribution is 5.94. The average molecular weight is 278 g/mol. The number of likely N-dealkylation sites (tertiary alicyclic amines) is 1. The number of carbonyl (C=O) groups excluding carboxylic acids is 1. The molecule has 0 aromatic carbocycles. The minimum Gasteiger partial charge on any atom is -0.379 e. The van der Waals surface area contributed by atoms with Gasteiger partial charge in [0, 0.05) is 19.2 Å². The third-order valence-electron chi connectivity index (χ3n) is 3.05. The Morgan fingerprint density at radius 3 is 2.68 bits per heavy atom. The number of aliphatic hydroxyl groups is 1. The minimum absolute atomic E-state index is 0.289. The van der Waals surface area contributed by atoms with Crippen LogP contribution in [-0.2, 0) is 0 Å². The van der Waals surface area contributed by atoms with Crippen molar-refractivity contribution in [3.8, 4) is 0 Å². The quantitative estimate of drug-likeness (QED) is 0.623. The van der Waals surface area contributed by atoms with Crippen LogP contribution >= 0.6 is 0 Å². The van der Waals surface area contributed by atoms with Gasteiger partial charge < -0.3 is 10.0 Å². The number of hydrogen-bond acceptors (Lipinski definition) is 3. The van der Waals surface area contributed by atoms with Crippen LogP contribution in [0.4, 0.5) is 17.6 Å². The predicted molar refractivity (Wildman–Crippen MR) is 55.7 cm³/mol. The molecular formula is C11H10F4N2O2. The molecule has 104 valence electrons. The van der Waals surface area contributed by atoms with Gasteiger partial charge in [-0.3, -0.25) is 4.79 Å². The fraction of sp³-hybridized carbons (Fsp3) is 0.455. The number of rotatable bonds is 1. The maximum absolute atomic E-state index is 13.3. The van der Waals surface area contributed by atoms with Gasteiger partial charge in [0.2, 0.25) is 5.95 Å². The summed E-state index contributed by atoms with van der Waals surface area (Å²) in [6, 6.07) is 2.44. The van der Waals surface area contributed by atoms with Gasteiger partial charge in [-0.25, -0.2) is 4.98 Å². The van der Waals surface area contributed by atoms with Gasteiger partial charge >= 0.3 is 6.18 Å². The lowest BCUT2D eigenvalue weighted by Crippen LogP contribution is -2.48. The van der Waals surface area contributed by atoms with Crippen molar-refractivity contribution in [1.29, 1.82) is 0 Å². The van der Waals surface area contributed by atoms with E-state index in [1.54, 1.807) is 0 Å². The first-order valence-corrected chi connectivity index (χ1v) is 5.43. The summed E-state index contributed by atoms with van der Waals surface area (Å²) in [7, 11) is 0. The number of carbonyl (C=O) groups is 1. The standard InChI is InChI=1S/C11H10F4N2O2/c12-8-7(2-1-4-16-8)9(18)17-5-3-10(19,6-17)11(13,14)15/h1-2,4,19H,3,5-6H2. The van der Waals surface area contributed by atoms with Gasteiger partial charge in [0.1, 0.15) is 0 Å². The van der Waals surface area contributed by atoms with Gasteiger partial charge in [0.25, 0.3) is 5.91 Å². The summed E-state index contributed by atoms with van der Waals surface area (Å²) >= 11 is 0. The molecule has 1 unspecified atom stereocenters. The van der Waals surface area contributed by atoms with E-state index in [2.05, 4.69) is 4.98 Å². The van der Waals surface area contributed by atoms with E-state index in [1.165, 1.54) is 6.07 Å². The molecule has 1 N–H and O–H groups in total. The Morgan fingerprint density at radius 2 is 2.16 bits per heavy atom. The van der Waals surface area contributed by atoms with Crippen molar-refractivity contribution in [3.05, 3.63) is 29.8 Å². The lowest BCUT2D eigenvalue weighted by atomic mass is 10.0. The highest BCUT2D eigenvalue weighted by Gasteiger charge is 2.57. The van der Waals surface area contributed by atoms with Crippen LogP contribution in [0.25, 0.3) is 0 Å². The third-order valence-corrected chi connectivity index (χ3v) is 3.05. The molecule has 1 amide bonds. The second-order valence-electron chi connectivity index (χ2n) is 4.35. The van der Waals surface area contributed by atoms with Crippen LogP contribution in [0.1, 0.15) is 16.8 Å². The molecule has 19 heavy (non-hydrogen) atoms. The molecule has 1 aromatic rings. The van der Waals surface area contributed by atoms with E-state index in [0.717, 1.165) is 17.2 Å². The van der Waals surface area contributed by atoms with E-state index in [9.17, 15) is 27.5 Å². The smallest absolute Gasteiger partial charge is 0.379 e. The number of alkyl halides is 3. The van der Waals surface area contributed by atoms with Gasteiger partial charge in [-0.2, -0.15) is 17.6 Å². The van der Waals surface area contributed by atoms with Crippen LogP contribution < -0.4 is 0 Å². The zero-order chi connectivity index (χ0) is 14.3. The zero-order valence-corrected chi connectivity index (χ0v) is 9.62. The number of aromatic nitrogens is 1. The SMILES string of the molecule is O=C(c1cccnc1F)N1CCC(O)(C(F)(F)F)C1. The molecule has 1 atom stereocenters. The summed E-state index contributed by atoms with van der Waals surface area (Å²) in [6.07, 6.45) is -4.32. The maximum atomic E-state index is 13.3. The molecule has 2 heterocycles. The van der Waals surface area contributed by atoms with Crippen molar-refractivity contribution in [2.24, 2.45) is 0 Å². The van der Waals surface area contributed by atoms with Crippen molar-refractivity contribution >= 4 is 5.91 Å². The van der Waals surface area contributed by atoms with Gasteiger partial charge in [-0.1, -0.05) is 0 Å². The predicted octanol–water partition coefficient (Wildman–Crippen LogP) is 1.36. The van der Waals surface area contributed by atoms with E-state index in [0.29, 0.717) is 0 Å².